The van der Waals surface area contributed by atoms with E-state index >= 15 is 0 Å². The molecule has 5 rings (SSSR count). The van der Waals surface area contributed by atoms with Crippen molar-refractivity contribution in [2.75, 3.05) is 7.11 Å². The molecule has 0 amide bonds. The molecule has 0 heterocycles. The molecule has 0 aliphatic heterocycles. The van der Waals surface area contributed by atoms with Crippen LogP contribution in [-0.2, 0) is 0 Å². The van der Waals surface area contributed by atoms with Gasteiger partial charge in [-0.15, -0.1) is 0 Å². The Bertz CT molecular complexity index is 1180. The molecule has 3 heteroatoms. The lowest BCUT2D eigenvalue weighted by molar-refractivity contribution is 0.418. The number of hydrogen-bond donors (Lipinski definition) is 1. The zero-order chi connectivity index (χ0) is 23.6. The van der Waals surface area contributed by atoms with E-state index in [0.717, 1.165) is 5.75 Å². The molecule has 0 aliphatic rings. The summed E-state index contributed by atoms with van der Waals surface area (Å²) >= 11 is 0. The SMILES string of the molecule is COc1ccccc1[P+](c1ccccc1)(c1ccccc1)c1ccccc1.Oc1ccccc1. The number of hydrogen-bond acceptors (Lipinski definition) is 2. The minimum absolute atomic E-state index is 0.322. The Labute approximate surface area is 202 Å². The van der Waals surface area contributed by atoms with Crippen LogP contribution in [0.5, 0.6) is 11.5 Å². The zero-order valence-electron chi connectivity index (χ0n) is 19.2. The van der Waals surface area contributed by atoms with E-state index in [1.165, 1.54) is 21.2 Å². The zero-order valence-corrected chi connectivity index (χ0v) is 20.1. The van der Waals surface area contributed by atoms with E-state index in [9.17, 15) is 0 Å². The summed E-state index contributed by atoms with van der Waals surface area (Å²) in [6.07, 6.45) is 0. The lowest BCUT2D eigenvalue weighted by atomic mass is 10.3. The van der Waals surface area contributed by atoms with Crippen LogP contribution in [0.1, 0.15) is 0 Å². The van der Waals surface area contributed by atoms with Crippen molar-refractivity contribution in [3.63, 3.8) is 0 Å². The van der Waals surface area contributed by atoms with Gasteiger partial charge in [0.15, 0.2) is 11.1 Å². The summed E-state index contributed by atoms with van der Waals surface area (Å²) in [5, 5.41) is 13.9. The van der Waals surface area contributed by atoms with Crippen LogP contribution >= 0.6 is 7.26 Å². The van der Waals surface area contributed by atoms with Crippen LogP contribution in [0.25, 0.3) is 0 Å². The van der Waals surface area contributed by atoms with Gasteiger partial charge in [-0.1, -0.05) is 84.9 Å². The lowest BCUT2D eigenvalue weighted by Crippen LogP contribution is -2.39. The van der Waals surface area contributed by atoms with Crippen LogP contribution in [0.3, 0.4) is 0 Å². The van der Waals surface area contributed by atoms with Crippen molar-refractivity contribution in [1.82, 2.24) is 0 Å². The van der Waals surface area contributed by atoms with Gasteiger partial charge in [-0.25, -0.2) is 0 Å². The fraction of sp³-hybridized carbons (Fsp3) is 0.0323. The van der Waals surface area contributed by atoms with Crippen molar-refractivity contribution in [3.8, 4) is 11.5 Å². The molecular weight excluding hydrogens is 435 g/mol. The van der Waals surface area contributed by atoms with E-state index in [1.54, 1.807) is 31.4 Å². The van der Waals surface area contributed by atoms with Crippen LogP contribution in [0.15, 0.2) is 146 Å². The normalized spacial score (nSPS) is 10.6. The molecule has 0 atom stereocenters. The highest BCUT2D eigenvalue weighted by Gasteiger charge is 2.49. The number of aromatic hydroxyl groups is 1. The van der Waals surface area contributed by atoms with Crippen molar-refractivity contribution in [2.24, 2.45) is 0 Å². The van der Waals surface area contributed by atoms with E-state index in [1.807, 2.05) is 12.1 Å². The minimum atomic E-state index is -2.08. The van der Waals surface area contributed by atoms with Crippen LogP contribution in [0.4, 0.5) is 0 Å². The second-order valence-corrected chi connectivity index (χ2v) is 11.1. The molecule has 0 bridgehead atoms. The Morgan fingerprint density at radius 1 is 0.471 bits per heavy atom. The first-order chi connectivity index (χ1) is 16.8. The molecule has 0 saturated carbocycles. The monoisotopic (exact) mass is 463 g/mol. The number of ether oxygens (including phenoxy) is 1. The summed E-state index contributed by atoms with van der Waals surface area (Å²) in [5.74, 6) is 1.25. The van der Waals surface area contributed by atoms with Crippen molar-refractivity contribution in [3.05, 3.63) is 146 Å². The van der Waals surface area contributed by atoms with Gasteiger partial charge in [0.05, 0.1) is 7.11 Å². The van der Waals surface area contributed by atoms with Gasteiger partial charge >= 0.3 is 0 Å². The van der Waals surface area contributed by atoms with E-state index in [0.29, 0.717) is 5.75 Å². The molecule has 2 nitrogen and oxygen atoms in total. The topological polar surface area (TPSA) is 29.5 Å². The largest absolute Gasteiger partial charge is 0.508 e. The molecule has 1 N–H and O–H groups in total. The van der Waals surface area contributed by atoms with E-state index in [2.05, 4.69) is 109 Å². The van der Waals surface area contributed by atoms with Gasteiger partial charge in [-0.2, -0.15) is 0 Å². The van der Waals surface area contributed by atoms with Gasteiger partial charge in [0.25, 0.3) is 0 Å². The molecule has 0 fully saturated rings. The quantitative estimate of drug-likeness (QED) is 0.339. The van der Waals surface area contributed by atoms with Gasteiger partial charge in [0.2, 0.25) is 0 Å². The molecule has 0 spiro atoms. The molecule has 5 aromatic rings. The Balaban J connectivity index is 0.000000336. The summed E-state index contributed by atoms with van der Waals surface area (Å²) in [4.78, 5) is 0. The van der Waals surface area contributed by atoms with Crippen molar-refractivity contribution < 1.29 is 9.84 Å². The summed E-state index contributed by atoms with van der Waals surface area (Å²) in [6.45, 7) is 0. The first kappa shape index (κ1) is 23.3. The summed E-state index contributed by atoms with van der Waals surface area (Å²) in [7, 11) is -0.326. The third kappa shape index (κ3) is 4.88. The van der Waals surface area contributed by atoms with Crippen LogP contribution in [-0.4, -0.2) is 12.2 Å². The highest BCUT2D eigenvalue weighted by atomic mass is 31.2. The number of phenolic OH excluding ortho intramolecular Hbond substituents is 1. The second kappa shape index (κ2) is 11.3. The standard InChI is InChI=1S/C25H22OP.C6H6O/c1-26-24-19-11-12-20-25(24)27(21-13-5-2-6-14-21,22-15-7-3-8-16-22)23-17-9-4-10-18-23;7-6-4-2-1-3-5-6/h2-20H,1H3;1-5,7H/q+1;. The van der Waals surface area contributed by atoms with E-state index in [-0.39, 0.29) is 0 Å². The molecule has 0 aliphatic carbocycles. The molecule has 0 saturated heterocycles. The summed E-state index contributed by atoms with van der Waals surface area (Å²) in [5.41, 5.74) is 0. The highest BCUT2D eigenvalue weighted by Crippen LogP contribution is 2.55. The van der Waals surface area contributed by atoms with Gasteiger partial charge in [0.1, 0.15) is 28.9 Å². The van der Waals surface area contributed by atoms with Crippen molar-refractivity contribution >= 4 is 28.5 Å². The van der Waals surface area contributed by atoms with Gasteiger partial charge in [-0.05, 0) is 60.7 Å². The predicted octanol–water partition coefficient (Wildman–Crippen LogP) is 5.71. The number of methoxy groups -OCH3 is 1. The summed E-state index contributed by atoms with van der Waals surface area (Å²) in [6, 6.07) is 49.7. The number of phenols is 1. The van der Waals surface area contributed by atoms with Crippen LogP contribution in [0, 0.1) is 0 Å². The molecule has 5 aromatic carbocycles. The third-order valence-electron chi connectivity index (χ3n) is 5.63. The number of para-hydroxylation sites is 2. The molecule has 34 heavy (non-hydrogen) atoms. The third-order valence-corrected chi connectivity index (χ3v) is 9.94. The average molecular weight is 464 g/mol. The van der Waals surface area contributed by atoms with E-state index in [4.69, 9.17) is 9.84 Å². The molecular formula is C31H28O2P+. The maximum atomic E-state index is 8.63. The Morgan fingerprint density at radius 3 is 1.18 bits per heavy atom. The smallest absolute Gasteiger partial charge is 0.162 e. The highest BCUT2D eigenvalue weighted by molar-refractivity contribution is 8.01. The molecule has 0 aromatic heterocycles. The fourth-order valence-electron chi connectivity index (χ4n) is 4.15. The minimum Gasteiger partial charge on any atom is -0.508 e. The van der Waals surface area contributed by atoms with Gasteiger partial charge in [-0.3, -0.25) is 0 Å². The maximum absolute atomic E-state index is 8.63. The second-order valence-electron chi connectivity index (χ2n) is 7.68. The van der Waals surface area contributed by atoms with Crippen molar-refractivity contribution in [1.29, 1.82) is 0 Å². The predicted molar refractivity (Wildman–Crippen MR) is 146 cm³/mol. The summed E-state index contributed by atoms with van der Waals surface area (Å²) < 4.78 is 5.84. The average Bonchev–Trinajstić information content (AvgIpc) is 2.92. The molecule has 0 unspecified atom stereocenters. The fourth-order valence-corrected chi connectivity index (χ4v) is 8.55. The maximum Gasteiger partial charge on any atom is 0.162 e. The lowest BCUT2D eigenvalue weighted by Gasteiger charge is -2.28. The first-order valence-electron chi connectivity index (χ1n) is 11.2. The number of benzene rings is 5. The Hall–Kier alpha value is -3.87. The Morgan fingerprint density at radius 2 is 0.824 bits per heavy atom. The van der Waals surface area contributed by atoms with Gasteiger partial charge in [0, 0.05) is 0 Å². The van der Waals surface area contributed by atoms with Gasteiger partial charge < -0.3 is 9.84 Å². The first-order valence-corrected chi connectivity index (χ1v) is 13.0. The molecule has 0 radical (unpaired) electrons. The van der Waals surface area contributed by atoms with E-state index < -0.39 is 7.26 Å². The van der Waals surface area contributed by atoms with Crippen LogP contribution < -0.4 is 26.0 Å². The van der Waals surface area contributed by atoms with Crippen molar-refractivity contribution in [2.45, 2.75) is 0 Å². The Kier molecular flexibility index (Phi) is 7.75. The van der Waals surface area contributed by atoms with Crippen LogP contribution in [0.2, 0.25) is 0 Å². The number of rotatable bonds is 5. The molecule has 168 valence electrons.